The van der Waals surface area contributed by atoms with E-state index in [-0.39, 0.29) is 29.7 Å². The van der Waals surface area contributed by atoms with Crippen molar-refractivity contribution in [3.63, 3.8) is 0 Å². The highest BCUT2D eigenvalue weighted by Gasteiger charge is 2.35. The molecule has 0 saturated heterocycles. The molecule has 2 amide bonds. The number of amides is 2. The minimum absolute atomic E-state index is 0.00641. The Balaban J connectivity index is 1.84. The second kappa shape index (κ2) is 15.8. The predicted octanol–water partition coefficient (Wildman–Crippen LogP) is 7.53. The van der Waals surface area contributed by atoms with Crippen molar-refractivity contribution < 1.29 is 18.0 Å². The molecule has 0 aromatic heterocycles. The minimum Gasteiger partial charge on any atom is -0.354 e. The molecule has 0 saturated carbocycles. The number of nitrogens with one attached hydrogen (secondary N) is 1. The molecule has 248 valence electrons. The Hall–Kier alpha value is -3.85. The fourth-order valence-electron chi connectivity index (χ4n) is 5.15. The molecule has 0 unspecified atom stereocenters. The number of rotatable bonds is 13. The SMILES string of the molecule is Cc1ccc(S(=O)(=O)N(CC(=O)N(Cc2ccc(Cl)c(Cl)c2)[C@@H](Cc2ccccc2)C(=O)NCC(C)C)c2cc(C)ccc2C)cc1. The average Bonchev–Trinajstić information content (AvgIpc) is 3.03. The molecule has 4 aromatic rings. The standard InChI is InChI=1S/C37H41Cl2N3O4S/c1-25(2)22-40-37(44)35(21-29-9-7-6-8-10-29)41(23-30-15-18-32(38)33(39)20-30)36(43)24-42(34-19-27(4)11-14-28(34)5)47(45,46)31-16-12-26(3)13-17-31/h6-20,25,35H,21-24H2,1-5H3,(H,40,44)/t35-/m0/s1. The highest BCUT2D eigenvalue weighted by molar-refractivity contribution is 7.92. The zero-order valence-corrected chi connectivity index (χ0v) is 29.7. The van der Waals surface area contributed by atoms with Crippen molar-refractivity contribution in [2.75, 3.05) is 17.4 Å². The summed E-state index contributed by atoms with van der Waals surface area (Å²) in [7, 11) is -4.20. The van der Waals surface area contributed by atoms with Gasteiger partial charge in [0.25, 0.3) is 10.0 Å². The van der Waals surface area contributed by atoms with Crippen LogP contribution in [-0.2, 0) is 32.6 Å². The maximum atomic E-state index is 14.7. The summed E-state index contributed by atoms with van der Waals surface area (Å²) in [4.78, 5) is 30.1. The van der Waals surface area contributed by atoms with Gasteiger partial charge in [-0.15, -0.1) is 0 Å². The van der Waals surface area contributed by atoms with E-state index in [2.05, 4.69) is 5.32 Å². The van der Waals surface area contributed by atoms with E-state index in [1.165, 1.54) is 17.0 Å². The van der Waals surface area contributed by atoms with Gasteiger partial charge in [0, 0.05) is 19.5 Å². The predicted molar refractivity (Wildman–Crippen MR) is 190 cm³/mol. The third kappa shape index (κ3) is 9.37. The number of anilines is 1. The maximum absolute atomic E-state index is 14.7. The number of halogens is 2. The van der Waals surface area contributed by atoms with Crippen molar-refractivity contribution in [1.82, 2.24) is 10.2 Å². The van der Waals surface area contributed by atoms with Crippen LogP contribution in [0.4, 0.5) is 5.69 Å². The smallest absolute Gasteiger partial charge is 0.264 e. The van der Waals surface area contributed by atoms with Gasteiger partial charge in [-0.3, -0.25) is 13.9 Å². The fourth-order valence-corrected chi connectivity index (χ4v) is 6.94. The molecule has 0 radical (unpaired) electrons. The van der Waals surface area contributed by atoms with E-state index in [0.717, 1.165) is 21.0 Å². The van der Waals surface area contributed by atoms with E-state index in [9.17, 15) is 18.0 Å². The van der Waals surface area contributed by atoms with Crippen LogP contribution in [0.1, 0.15) is 41.7 Å². The van der Waals surface area contributed by atoms with E-state index < -0.39 is 28.5 Å². The molecule has 47 heavy (non-hydrogen) atoms. The molecule has 4 rings (SSSR count). The van der Waals surface area contributed by atoms with Crippen molar-refractivity contribution in [3.05, 3.63) is 129 Å². The lowest BCUT2D eigenvalue weighted by Gasteiger charge is -2.34. The summed E-state index contributed by atoms with van der Waals surface area (Å²) in [5.74, 6) is -0.709. The molecule has 0 spiro atoms. The van der Waals surface area contributed by atoms with Crippen molar-refractivity contribution in [3.8, 4) is 0 Å². The molecule has 10 heteroatoms. The number of hydrogen-bond donors (Lipinski definition) is 1. The molecule has 7 nitrogen and oxygen atoms in total. The first-order chi connectivity index (χ1) is 22.3. The zero-order valence-electron chi connectivity index (χ0n) is 27.3. The van der Waals surface area contributed by atoms with Crippen LogP contribution in [0, 0.1) is 26.7 Å². The molecule has 1 atom stereocenters. The van der Waals surface area contributed by atoms with Gasteiger partial charge >= 0.3 is 0 Å². The third-order valence-electron chi connectivity index (χ3n) is 7.81. The third-order valence-corrected chi connectivity index (χ3v) is 10.3. The monoisotopic (exact) mass is 693 g/mol. The van der Waals surface area contributed by atoms with Crippen LogP contribution in [0.2, 0.25) is 10.0 Å². The molecule has 1 N–H and O–H groups in total. The lowest BCUT2D eigenvalue weighted by atomic mass is 10.0. The first-order valence-electron chi connectivity index (χ1n) is 15.5. The Morgan fingerprint density at radius 1 is 0.787 bits per heavy atom. The Morgan fingerprint density at radius 3 is 2.09 bits per heavy atom. The van der Waals surface area contributed by atoms with Crippen LogP contribution >= 0.6 is 23.2 Å². The number of benzene rings is 4. The first-order valence-corrected chi connectivity index (χ1v) is 17.7. The van der Waals surface area contributed by atoms with E-state index in [1.54, 1.807) is 36.4 Å². The van der Waals surface area contributed by atoms with E-state index in [4.69, 9.17) is 23.2 Å². The van der Waals surface area contributed by atoms with Gasteiger partial charge in [-0.1, -0.05) is 103 Å². The molecular weight excluding hydrogens is 653 g/mol. The van der Waals surface area contributed by atoms with Crippen molar-refractivity contribution in [1.29, 1.82) is 0 Å². The number of nitrogens with zero attached hydrogens (tertiary/aromatic N) is 2. The number of aryl methyl sites for hydroxylation is 3. The molecular formula is C37H41Cl2N3O4S. The Morgan fingerprint density at radius 2 is 1.45 bits per heavy atom. The van der Waals surface area contributed by atoms with E-state index >= 15 is 0 Å². The number of sulfonamides is 1. The van der Waals surface area contributed by atoms with Crippen LogP contribution in [0.15, 0.2) is 95.9 Å². The number of carbonyl (C=O) groups excluding carboxylic acids is 2. The molecule has 0 fully saturated rings. The van der Waals surface area contributed by atoms with Gasteiger partial charge in [0.2, 0.25) is 11.8 Å². The van der Waals surface area contributed by atoms with E-state index in [1.807, 2.05) is 77.1 Å². The summed E-state index contributed by atoms with van der Waals surface area (Å²) in [6, 6.07) is 25.5. The maximum Gasteiger partial charge on any atom is 0.264 e. The molecule has 4 aromatic carbocycles. The summed E-state index contributed by atoms with van der Waals surface area (Å²) in [5.41, 5.74) is 4.31. The minimum atomic E-state index is -4.20. The molecule has 0 heterocycles. The average molecular weight is 695 g/mol. The van der Waals surface area contributed by atoms with E-state index in [0.29, 0.717) is 33.4 Å². The lowest BCUT2D eigenvalue weighted by molar-refractivity contribution is -0.140. The van der Waals surface area contributed by atoms with Gasteiger partial charge in [-0.25, -0.2) is 8.42 Å². The normalized spacial score (nSPS) is 12.1. The Kier molecular flexibility index (Phi) is 12.1. The van der Waals surface area contributed by atoms with Crippen molar-refractivity contribution >= 4 is 50.7 Å². The summed E-state index contributed by atoms with van der Waals surface area (Å²) in [6.07, 6.45) is 0.214. The quantitative estimate of drug-likeness (QED) is 0.157. The number of hydrogen-bond acceptors (Lipinski definition) is 4. The van der Waals surface area contributed by atoms with Gasteiger partial charge in [0.05, 0.1) is 20.6 Å². The summed E-state index contributed by atoms with van der Waals surface area (Å²) in [6.45, 7) is 9.40. The lowest BCUT2D eigenvalue weighted by Crippen LogP contribution is -2.53. The molecule has 0 bridgehead atoms. The fraction of sp³-hybridized carbons (Fsp3) is 0.297. The largest absolute Gasteiger partial charge is 0.354 e. The molecule has 0 aliphatic carbocycles. The van der Waals surface area contributed by atoms with Crippen LogP contribution in [0.3, 0.4) is 0 Å². The van der Waals surface area contributed by atoms with Crippen LogP contribution < -0.4 is 9.62 Å². The highest BCUT2D eigenvalue weighted by Crippen LogP contribution is 2.30. The molecule has 0 aliphatic heterocycles. The zero-order chi connectivity index (χ0) is 34.3. The van der Waals surface area contributed by atoms with Gasteiger partial charge in [0.1, 0.15) is 12.6 Å². The van der Waals surface area contributed by atoms with Crippen LogP contribution in [0.5, 0.6) is 0 Å². The molecule has 0 aliphatic rings. The summed E-state index contributed by atoms with van der Waals surface area (Å²) >= 11 is 12.6. The Bertz CT molecular complexity index is 1810. The summed E-state index contributed by atoms with van der Waals surface area (Å²) in [5, 5.41) is 3.66. The second-order valence-electron chi connectivity index (χ2n) is 12.2. The summed E-state index contributed by atoms with van der Waals surface area (Å²) < 4.78 is 29.8. The number of carbonyl (C=O) groups is 2. The Labute approximate surface area is 288 Å². The second-order valence-corrected chi connectivity index (χ2v) is 14.9. The van der Waals surface area contributed by atoms with Gasteiger partial charge in [0.15, 0.2) is 0 Å². The van der Waals surface area contributed by atoms with Gasteiger partial charge < -0.3 is 10.2 Å². The highest BCUT2D eigenvalue weighted by atomic mass is 35.5. The van der Waals surface area contributed by atoms with Gasteiger partial charge in [-0.05, 0) is 79.3 Å². The van der Waals surface area contributed by atoms with Crippen molar-refractivity contribution in [2.45, 2.75) is 58.5 Å². The van der Waals surface area contributed by atoms with Crippen molar-refractivity contribution in [2.24, 2.45) is 5.92 Å². The van der Waals surface area contributed by atoms with Crippen LogP contribution in [0.25, 0.3) is 0 Å². The first kappa shape index (κ1) is 36.0. The van der Waals surface area contributed by atoms with Crippen LogP contribution in [-0.4, -0.2) is 44.3 Å². The topological polar surface area (TPSA) is 86.8 Å². The van der Waals surface area contributed by atoms with Gasteiger partial charge in [-0.2, -0.15) is 0 Å².